The molecule has 0 spiro atoms. The topological polar surface area (TPSA) is 71.4 Å². The molecule has 15 heavy (non-hydrogen) atoms. The van der Waals surface area contributed by atoms with E-state index in [1.54, 1.807) is 24.3 Å². The molecule has 1 aromatic carbocycles. The Morgan fingerprint density at radius 1 is 1.33 bits per heavy atom. The van der Waals surface area contributed by atoms with E-state index in [2.05, 4.69) is 15.9 Å². The average molecular weight is 311 g/mol. The summed E-state index contributed by atoms with van der Waals surface area (Å²) in [6.45, 7) is 0. The summed E-state index contributed by atoms with van der Waals surface area (Å²) < 4.78 is 30.0. The summed E-state index contributed by atoms with van der Waals surface area (Å²) >= 11 is 3.21. The fraction of sp³-hybridized carbons (Fsp3) is 0.125. The minimum absolute atomic E-state index is 0.207. The van der Waals surface area contributed by atoms with Crippen LogP contribution >= 0.6 is 26.7 Å². The van der Waals surface area contributed by atoms with Crippen LogP contribution < -0.4 is 0 Å². The van der Waals surface area contributed by atoms with E-state index in [0.717, 1.165) is 4.47 Å². The molecule has 0 aliphatic heterocycles. The largest absolute Gasteiger partial charge is 0.320 e. The first kappa shape index (κ1) is 12.7. The van der Waals surface area contributed by atoms with Gasteiger partial charge >= 0.3 is 9.15 Å². The van der Waals surface area contributed by atoms with E-state index in [1.807, 2.05) is 0 Å². The molecule has 82 valence electrons. The molecule has 0 saturated heterocycles. The van der Waals surface area contributed by atoms with Crippen molar-refractivity contribution >= 4 is 41.7 Å². The minimum Gasteiger partial charge on any atom is -0.293 e. The maximum Gasteiger partial charge on any atom is 0.320 e. The van der Waals surface area contributed by atoms with Crippen LogP contribution in [0.2, 0.25) is 0 Å². The van der Waals surface area contributed by atoms with Crippen LogP contribution in [0.3, 0.4) is 0 Å². The molecule has 0 bridgehead atoms. The lowest BCUT2D eigenvalue weighted by atomic mass is 10.2. The Kier molecular flexibility index (Phi) is 4.32. The van der Waals surface area contributed by atoms with E-state index in [1.165, 1.54) is 0 Å². The van der Waals surface area contributed by atoms with Crippen molar-refractivity contribution in [1.29, 1.82) is 0 Å². The predicted octanol–water partition coefficient (Wildman–Crippen LogP) is 2.17. The second kappa shape index (κ2) is 5.11. The van der Waals surface area contributed by atoms with Crippen molar-refractivity contribution in [3.8, 4) is 0 Å². The van der Waals surface area contributed by atoms with Gasteiger partial charge in [-0.05, 0) is 12.1 Å². The molecule has 0 amide bonds. The third-order valence-corrected chi connectivity index (χ3v) is 3.96. The monoisotopic (exact) mass is 310 g/mol. The summed E-state index contributed by atoms with van der Waals surface area (Å²) in [7, 11) is -3.94. The maximum absolute atomic E-state index is 11.4. The summed E-state index contributed by atoms with van der Waals surface area (Å²) in [6.07, 6.45) is 0. The molecule has 1 rings (SSSR count). The van der Waals surface area contributed by atoms with Crippen molar-refractivity contribution in [2.75, 3.05) is 5.75 Å². The zero-order valence-corrected chi connectivity index (χ0v) is 10.6. The molecular weight excluding hydrogens is 304 g/mol. The van der Waals surface area contributed by atoms with E-state index in [9.17, 15) is 13.2 Å². The molecule has 0 unspecified atom stereocenters. The van der Waals surface area contributed by atoms with E-state index >= 15 is 0 Å². The molecule has 0 aromatic heterocycles. The van der Waals surface area contributed by atoms with Crippen LogP contribution in [-0.4, -0.2) is 24.5 Å². The summed E-state index contributed by atoms with van der Waals surface area (Å²) in [5.74, 6) is -0.634. The Bertz CT molecular complexity index is 452. The molecular formula is C8H7BrO4S2. The molecule has 1 aromatic rings. The molecule has 0 aliphatic carbocycles. The number of halogens is 1. The summed E-state index contributed by atoms with van der Waals surface area (Å²) in [4.78, 5) is 11.4. The first-order chi connectivity index (χ1) is 6.88. The molecule has 7 heteroatoms. The quantitative estimate of drug-likeness (QED) is 0.524. The number of carbonyl (C=O) groups is 1. The van der Waals surface area contributed by atoms with Gasteiger partial charge in [0.15, 0.2) is 5.78 Å². The zero-order valence-electron chi connectivity index (χ0n) is 7.38. The molecule has 0 aliphatic rings. The zero-order chi connectivity index (χ0) is 11.5. The third-order valence-electron chi connectivity index (χ3n) is 1.51. The highest BCUT2D eigenvalue weighted by molar-refractivity contribution is 9.10. The Labute approximate surface area is 99.3 Å². The van der Waals surface area contributed by atoms with Gasteiger partial charge in [0.2, 0.25) is 0 Å². The molecule has 1 N–H and O–H groups in total. The highest BCUT2D eigenvalue weighted by Crippen LogP contribution is 2.15. The lowest BCUT2D eigenvalue weighted by molar-refractivity contribution is 0.102. The minimum atomic E-state index is -4.15. The Balaban J connectivity index is 2.66. The van der Waals surface area contributed by atoms with Gasteiger partial charge in [0.1, 0.15) is 0 Å². The summed E-state index contributed by atoms with van der Waals surface area (Å²) in [6, 6.07) is 6.53. The Hall–Kier alpha value is -0.370. The summed E-state index contributed by atoms with van der Waals surface area (Å²) in [5.41, 5.74) is 0.411. The highest BCUT2D eigenvalue weighted by Gasteiger charge is 2.11. The van der Waals surface area contributed by atoms with Gasteiger partial charge in [0, 0.05) is 20.8 Å². The number of benzene rings is 1. The second-order valence-corrected chi connectivity index (χ2v) is 6.89. The SMILES string of the molecule is O=C(CSS(=O)(=O)O)c1ccc(Br)cc1. The number of rotatable bonds is 4. The second-order valence-electron chi connectivity index (χ2n) is 2.62. The lowest BCUT2D eigenvalue weighted by Crippen LogP contribution is -2.04. The number of hydrogen-bond acceptors (Lipinski definition) is 4. The van der Waals surface area contributed by atoms with Gasteiger partial charge in [-0.3, -0.25) is 9.35 Å². The van der Waals surface area contributed by atoms with Crippen molar-refractivity contribution in [2.24, 2.45) is 0 Å². The van der Waals surface area contributed by atoms with Crippen LogP contribution in [0.1, 0.15) is 10.4 Å². The van der Waals surface area contributed by atoms with Crippen LogP contribution in [0.5, 0.6) is 0 Å². The number of Topliss-reactive ketones (excluding diaryl/α,β-unsaturated/α-hetero) is 1. The summed E-state index contributed by atoms with van der Waals surface area (Å²) in [5, 5.41) is 0. The predicted molar refractivity (Wildman–Crippen MR) is 62.5 cm³/mol. The Morgan fingerprint density at radius 2 is 1.87 bits per heavy atom. The molecule has 0 heterocycles. The number of carbonyl (C=O) groups excluding carboxylic acids is 1. The molecule has 0 radical (unpaired) electrons. The lowest BCUT2D eigenvalue weighted by Gasteiger charge is -1.99. The molecule has 4 nitrogen and oxygen atoms in total. The molecule has 0 atom stereocenters. The fourth-order valence-electron chi connectivity index (χ4n) is 0.847. The van der Waals surface area contributed by atoms with Gasteiger partial charge in [0.25, 0.3) is 0 Å². The van der Waals surface area contributed by atoms with Crippen LogP contribution in [0.4, 0.5) is 0 Å². The van der Waals surface area contributed by atoms with Gasteiger partial charge in [-0.15, -0.1) is 0 Å². The normalized spacial score (nSPS) is 11.3. The molecule has 0 fully saturated rings. The highest BCUT2D eigenvalue weighted by atomic mass is 79.9. The average Bonchev–Trinajstić information content (AvgIpc) is 2.14. The Morgan fingerprint density at radius 3 is 2.33 bits per heavy atom. The van der Waals surface area contributed by atoms with Crippen molar-refractivity contribution < 1.29 is 17.8 Å². The van der Waals surface area contributed by atoms with Crippen LogP contribution in [0.25, 0.3) is 0 Å². The number of hydrogen-bond donors (Lipinski definition) is 1. The fourth-order valence-corrected chi connectivity index (χ4v) is 2.30. The molecule has 0 saturated carbocycles. The van der Waals surface area contributed by atoms with E-state index in [-0.39, 0.29) is 22.3 Å². The van der Waals surface area contributed by atoms with Crippen LogP contribution in [-0.2, 0) is 9.15 Å². The van der Waals surface area contributed by atoms with Crippen LogP contribution in [0, 0.1) is 0 Å². The third kappa shape index (κ3) is 4.78. The van der Waals surface area contributed by atoms with Gasteiger partial charge in [-0.2, -0.15) is 8.42 Å². The van der Waals surface area contributed by atoms with Gasteiger partial charge < -0.3 is 0 Å². The first-order valence-corrected chi connectivity index (χ1v) is 7.52. The van der Waals surface area contributed by atoms with Gasteiger partial charge in [-0.25, -0.2) is 0 Å². The van der Waals surface area contributed by atoms with E-state index in [4.69, 9.17) is 4.55 Å². The van der Waals surface area contributed by atoms with Gasteiger partial charge in [0.05, 0.1) is 5.75 Å². The maximum atomic E-state index is 11.4. The van der Waals surface area contributed by atoms with Crippen molar-refractivity contribution in [3.63, 3.8) is 0 Å². The smallest absolute Gasteiger partial charge is 0.293 e. The van der Waals surface area contributed by atoms with Crippen molar-refractivity contribution in [3.05, 3.63) is 34.3 Å². The van der Waals surface area contributed by atoms with Crippen molar-refractivity contribution in [1.82, 2.24) is 0 Å². The first-order valence-electron chi connectivity index (χ1n) is 3.79. The number of ketones is 1. The van der Waals surface area contributed by atoms with Gasteiger partial charge in [-0.1, -0.05) is 28.1 Å². The van der Waals surface area contributed by atoms with E-state index in [0.29, 0.717) is 5.56 Å². The van der Waals surface area contributed by atoms with Crippen molar-refractivity contribution in [2.45, 2.75) is 0 Å². The van der Waals surface area contributed by atoms with E-state index < -0.39 is 9.15 Å². The standard InChI is InChI=1S/C8H7BrO4S2/c9-7-3-1-6(2-4-7)8(10)5-14-15(11,12)13/h1-4H,5H2,(H,11,12,13). The van der Waals surface area contributed by atoms with Crippen LogP contribution in [0.15, 0.2) is 28.7 Å².